The molecule has 0 saturated carbocycles. The Balaban J connectivity index is 2.23. The van der Waals surface area contributed by atoms with Gasteiger partial charge in [0.25, 0.3) is 5.91 Å². The Bertz CT molecular complexity index is 582. The fraction of sp³-hybridized carbons (Fsp3) is 0.357. The van der Waals surface area contributed by atoms with E-state index in [1.165, 1.54) is 19.3 Å². The number of aromatic nitrogens is 3. The van der Waals surface area contributed by atoms with Crippen LogP contribution in [0.5, 0.6) is 0 Å². The maximum atomic E-state index is 11.4. The predicted octanol–water partition coefficient (Wildman–Crippen LogP) is 2.85. The largest absolute Gasteiger partial charge is 0.364 e. The summed E-state index contributed by atoms with van der Waals surface area (Å²) in [5.41, 5.74) is 6.93. The Morgan fingerprint density at radius 1 is 1.30 bits per heavy atom. The van der Waals surface area contributed by atoms with Crippen molar-refractivity contribution in [2.45, 2.75) is 31.1 Å². The first-order valence-corrected chi connectivity index (χ1v) is 7.65. The number of rotatable bonds is 7. The average Bonchev–Trinajstić information content (AvgIpc) is 2.93. The second-order valence-electron chi connectivity index (χ2n) is 4.44. The maximum Gasteiger partial charge on any atom is 0.271 e. The molecule has 0 atom stereocenters. The molecular formula is C14H18N4OS. The van der Waals surface area contributed by atoms with E-state index in [1.54, 1.807) is 11.8 Å². The summed E-state index contributed by atoms with van der Waals surface area (Å²) in [5.74, 6) is 0.480. The molecule has 2 aromatic rings. The number of thioether (sulfide) groups is 1. The smallest absolute Gasteiger partial charge is 0.271 e. The number of benzene rings is 1. The number of nitrogens with zero attached hydrogens (tertiary/aromatic N) is 2. The summed E-state index contributed by atoms with van der Waals surface area (Å²) in [6.45, 7) is 2.19. The number of unbranched alkanes of at least 4 members (excludes halogenated alkanes) is 2. The van der Waals surface area contributed by atoms with Crippen LogP contribution in [0, 0.1) is 0 Å². The Hall–Kier alpha value is -1.82. The molecule has 6 heteroatoms. The molecule has 0 aliphatic carbocycles. The monoisotopic (exact) mass is 290 g/mol. The second kappa shape index (κ2) is 7.09. The van der Waals surface area contributed by atoms with Gasteiger partial charge in [-0.15, -0.1) is 11.8 Å². The molecule has 5 nitrogen and oxygen atoms in total. The van der Waals surface area contributed by atoms with Gasteiger partial charge in [0.15, 0.2) is 5.69 Å². The first kappa shape index (κ1) is 14.6. The van der Waals surface area contributed by atoms with Crippen molar-refractivity contribution in [1.82, 2.24) is 15.4 Å². The molecule has 0 aliphatic heterocycles. The molecule has 0 spiro atoms. The summed E-state index contributed by atoms with van der Waals surface area (Å²) in [7, 11) is 0. The second-order valence-corrected chi connectivity index (χ2v) is 5.57. The average molecular weight is 290 g/mol. The summed E-state index contributed by atoms with van der Waals surface area (Å²) < 4.78 is 0. The quantitative estimate of drug-likeness (QED) is 0.606. The fourth-order valence-corrected chi connectivity index (χ4v) is 2.98. The van der Waals surface area contributed by atoms with Crippen molar-refractivity contribution in [3.05, 3.63) is 30.0 Å². The van der Waals surface area contributed by atoms with Crippen molar-refractivity contribution < 1.29 is 4.79 Å². The van der Waals surface area contributed by atoms with E-state index in [0.717, 1.165) is 16.2 Å². The minimum absolute atomic E-state index is 0.187. The van der Waals surface area contributed by atoms with Crippen molar-refractivity contribution in [1.29, 1.82) is 0 Å². The highest BCUT2D eigenvalue weighted by atomic mass is 32.2. The normalized spacial score (nSPS) is 10.7. The number of hydrogen-bond acceptors (Lipinski definition) is 4. The van der Waals surface area contributed by atoms with Gasteiger partial charge in [0, 0.05) is 10.5 Å². The SMILES string of the molecule is CCCCCSc1ccccc1-c1n[nH]nc1C(N)=O. The predicted molar refractivity (Wildman–Crippen MR) is 80.6 cm³/mol. The highest BCUT2D eigenvalue weighted by Gasteiger charge is 2.17. The van der Waals surface area contributed by atoms with Crippen LogP contribution in [0.3, 0.4) is 0 Å². The Labute approximate surface area is 122 Å². The van der Waals surface area contributed by atoms with E-state index < -0.39 is 5.91 Å². The van der Waals surface area contributed by atoms with Crippen molar-refractivity contribution in [3.8, 4) is 11.3 Å². The summed E-state index contributed by atoms with van der Waals surface area (Å²) in [4.78, 5) is 12.5. The topological polar surface area (TPSA) is 84.7 Å². The molecule has 0 unspecified atom stereocenters. The fourth-order valence-electron chi connectivity index (χ4n) is 1.91. The minimum Gasteiger partial charge on any atom is -0.364 e. The number of nitrogens with one attached hydrogen (secondary N) is 1. The third-order valence-electron chi connectivity index (χ3n) is 2.93. The van der Waals surface area contributed by atoms with Gasteiger partial charge in [-0.1, -0.05) is 38.0 Å². The van der Waals surface area contributed by atoms with Crippen LogP contribution < -0.4 is 5.73 Å². The molecule has 1 amide bonds. The van der Waals surface area contributed by atoms with Gasteiger partial charge in [0.05, 0.1) is 0 Å². The van der Waals surface area contributed by atoms with Crippen LogP contribution in [0.1, 0.15) is 36.7 Å². The van der Waals surface area contributed by atoms with E-state index in [-0.39, 0.29) is 5.69 Å². The Kier molecular flexibility index (Phi) is 5.17. The van der Waals surface area contributed by atoms with Crippen LogP contribution in [0.15, 0.2) is 29.2 Å². The lowest BCUT2D eigenvalue weighted by atomic mass is 10.1. The summed E-state index contributed by atoms with van der Waals surface area (Å²) in [6.07, 6.45) is 3.61. The Morgan fingerprint density at radius 2 is 2.10 bits per heavy atom. The molecule has 106 valence electrons. The lowest BCUT2D eigenvalue weighted by Gasteiger charge is -2.07. The van der Waals surface area contributed by atoms with Crippen LogP contribution >= 0.6 is 11.8 Å². The van der Waals surface area contributed by atoms with Gasteiger partial charge < -0.3 is 5.73 Å². The molecule has 1 aromatic carbocycles. The van der Waals surface area contributed by atoms with E-state index in [9.17, 15) is 4.79 Å². The molecule has 20 heavy (non-hydrogen) atoms. The van der Waals surface area contributed by atoms with E-state index >= 15 is 0 Å². The van der Waals surface area contributed by atoms with Gasteiger partial charge >= 0.3 is 0 Å². The highest BCUT2D eigenvalue weighted by Crippen LogP contribution is 2.31. The molecule has 0 saturated heterocycles. The molecule has 2 rings (SSSR count). The van der Waals surface area contributed by atoms with Gasteiger partial charge in [-0.3, -0.25) is 4.79 Å². The van der Waals surface area contributed by atoms with Crippen molar-refractivity contribution in [2.75, 3.05) is 5.75 Å². The van der Waals surface area contributed by atoms with Gasteiger partial charge in [-0.2, -0.15) is 15.4 Å². The van der Waals surface area contributed by atoms with Crippen LogP contribution in [-0.2, 0) is 0 Å². The number of nitrogens with two attached hydrogens (primary N) is 1. The summed E-state index contributed by atoms with van der Waals surface area (Å²) in [5, 5.41) is 10.4. The van der Waals surface area contributed by atoms with Gasteiger partial charge in [-0.25, -0.2) is 0 Å². The molecule has 0 aliphatic rings. The minimum atomic E-state index is -0.570. The lowest BCUT2D eigenvalue weighted by Crippen LogP contribution is -2.12. The number of carbonyl (C=O) groups is 1. The zero-order valence-electron chi connectivity index (χ0n) is 11.4. The lowest BCUT2D eigenvalue weighted by molar-refractivity contribution is 0.0996. The first-order chi connectivity index (χ1) is 9.74. The summed E-state index contributed by atoms with van der Waals surface area (Å²) in [6, 6.07) is 7.87. The highest BCUT2D eigenvalue weighted by molar-refractivity contribution is 7.99. The van der Waals surface area contributed by atoms with E-state index in [2.05, 4.69) is 22.3 Å². The molecule has 0 radical (unpaired) electrons. The number of H-pyrrole nitrogens is 1. The van der Waals surface area contributed by atoms with E-state index in [0.29, 0.717) is 5.69 Å². The van der Waals surface area contributed by atoms with Gasteiger partial charge in [0.1, 0.15) is 5.69 Å². The zero-order chi connectivity index (χ0) is 14.4. The van der Waals surface area contributed by atoms with Gasteiger partial charge in [0.2, 0.25) is 0 Å². The van der Waals surface area contributed by atoms with E-state index in [4.69, 9.17) is 5.73 Å². The number of carbonyl (C=O) groups excluding carboxylic acids is 1. The zero-order valence-corrected chi connectivity index (χ0v) is 12.2. The summed E-state index contributed by atoms with van der Waals surface area (Å²) >= 11 is 1.77. The molecule has 3 N–H and O–H groups in total. The van der Waals surface area contributed by atoms with Crippen molar-refractivity contribution in [3.63, 3.8) is 0 Å². The molecular weight excluding hydrogens is 272 g/mol. The molecule has 0 fully saturated rings. The van der Waals surface area contributed by atoms with Gasteiger partial charge in [-0.05, 0) is 18.2 Å². The number of primary amides is 1. The third kappa shape index (κ3) is 3.39. The van der Waals surface area contributed by atoms with Crippen LogP contribution in [0.4, 0.5) is 0 Å². The number of aromatic amines is 1. The third-order valence-corrected chi connectivity index (χ3v) is 4.09. The maximum absolute atomic E-state index is 11.4. The van der Waals surface area contributed by atoms with Crippen LogP contribution in [0.2, 0.25) is 0 Å². The number of amides is 1. The van der Waals surface area contributed by atoms with Crippen molar-refractivity contribution in [2.24, 2.45) is 5.73 Å². The first-order valence-electron chi connectivity index (χ1n) is 6.66. The standard InChI is InChI=1S/C14H18N4OS/c1-2-3-6-9-20-11-8-5-4-7-10(11)12-13(14(15)19)17-18-16-12/h4-5,7-8H,2-3,6,9H2,1H3,(H2,15,19)(H,16,17,18). The number of hydrogen-bond donors (Lipinski definition) is 2. The molecule has 0 bridgehead atoms. The van der Waals surface area contributed by atoms with Crippen molar-refractivity contribution >= 4 is 17.7 Å². The molecule has 1 aromatic heterocycles. The van der Waals surface area contributed by atoms with Crippen LogP contribution in [-0.4, -0.2) is 27.1 Å². The molecule has 1 heterocycles. The van der Waals surface area contributed by atoms with E-state index in [1.807, 2.05) is 24.3 Å². The van der Waals surface area contributed by atoms with Crippen LogP contribution in [0.25, 0.3) is 11.3 Å². The Morgan fingerprint density at radius 3 is 2.85 bits per heavy atom.